The van der Waals surface area contributed by atoms with Crippen molar-refractivity contribution in [3.8, 4) is 0 Å². The standard InChI is InChI=1S/C13H11N3O3S2/c17-11(6-4-8-5-7-12(20-8)16(18)19)15-13-14-9-2-1-3-10(9)21-13/h4-7H,1-3H2,(H,14,15,17)/b6-4+. The Bertz CT molecular complexity index is 711. The Labute approximate surface area is 128 Å². The molecule has 1 N–H and O–H groups in total. The number of thiophene rings is 1. The van der Waals surface area contributed by atoms with E-state index in [1.807, 2.05) is 0 Å². The van der Waals surface area contributed by atoms with Crippen LogP contribution in [0.3, 0.4) is 0 Å². The number of nitrogens with one attached hydrogen (secondary N) is 1. The van der Waals surface area contributed by atoms with Crippen LogP contribution in [-0.4, -0.2) is 15.8 Å². The molecule has 0 atom stereocenters. The highest BCUT2D eigenvalue weighted by Gasteiger charge is 2.17. The SMILES string of the molecule is O=C(/C=C/c1ccc([N+](=O)[O-])s1)Nc1nc2c(s1)CCC2. The molecule has 0 bridgehead atoms. The fraction of sp³-hybridized carbons (Fsp3) is 0.231. The highest BCUT2D eigenvalue weighted by molar-refractivity contribution is 7.16. The molecule has 0 aliphatic heterocycles. The highest BCUT2D eigenvalue weighted by atomic mass is 32.1. The van der Waals surface area contributed by atoms with Gasteiger partial charge in [0.25, 0.3) is 0 Å². The van der Waals surface area contributed by atoms with E-state index in [0.29, 0.717) is 10.0 Å². The fourth-order valence-electron chi connectivity index (χ4n) is 2.08. The van der Waals surface area contributed by atoms with E-state index in [2.05, 4.69) is 10.3 Å². The molecule has 2 heterocycles. The number of carbonyl (C=O) groups excluding carboxylic acids is 1. The van der Waals surface area contributed by atoms with Crippen molar-refractivity contribution in [3.63, 3.8) is 0 Å². The molecule has 0 spiro atoms. The van der Waals surface area contributed by atoms with Gasteiger partial charge >= 0.3 is 5.00 Å². The molecule has 0 saturated carbocycles. The minimum atomic E-state index is -0.445. The Morgan fingerprint density at radius 3 is 2.95 bits per heavy atom. The van der Waals surface area contributed by atoms with Crippen LogP contribution < -0.4 is 5.32 Å². The lowest BCUT2D eigenvalue weighted by Gasteiger charge is -1.95. The second-order valence-electron chi connectivity index (χ2n) is 4.50. The second-order valence-corrected chi connectivity index (χ2v) is 6.68. The van der Waals surface area contributed by atoms with Crippen LogP contribution in [0.4, 0.5) is 10.1 Å². The number of amides is 1. The summed E-state index contributed by atoms with van der Waals surface area (Å²) in [5.74, 6) is -0.279. The van der Waals surface area contributed by atoms with Gasteiger partial charge in [0, 0.05) is 21.9 Å². The third-order valence-electron chi connectivity index (χ3n) is 3.02. The third-order valence-corrected chi connectivity index (χ3v) is 5.09. The summed E-state index contributed by atoms with van der Waals surface area (Å²) < 4.78 is 0. The van der Waals surface area contributed by atoms with Gasteiger partial charge in [0.1, 0.15) is 0 Å². The summed E-state index contributed by atoms with van der Waals surface area (Å²) >= 11 is 2.55. The van der Waals surface area contributed by atoms with Crippen LogP contribution >= 0.6 is 22.7 Å². The predicted molar refractivity (Wildman–Crippen MR) is 82.8 cm³/mol. The van der Waals surface area contributed by atoms with Gasteiger partial charge in [-0.25, -0.2) is 4.98 Å². The van der Waals surface area contributed by atoms with Gasteiger partial charge in [-0.15, -0.1) is 11.3 Å². The minimum Gasteiger partial charge on any atom is -0.298 e. The number of aryl methyl sites for hydroxylation is 2. The summed E-state index contributed by atoms with van der Waals surface area (Å²) in [5, 5.41) is 14.0. The maximum absolute atomic E-state index is 11.8. The van der Waals surface area contributed by atoms with Crippen molar-refractivity contribution in [2.45, 2.75) is 19.3 Å². The topological polar surface area (TPSA) is 85.1 Å². The second kappa shape index (κ2) is 5.74. The van der Waals surface area contributed by atoms with Crippen molar-refractivity contribution >= 4 is 44.8 Å². The number of carbonyl (C=O) groups is 1. The van der Waals surface area contributed by atoms with Gasteiger partial charge in [-0.05, 0) is 31.4 Å². The molecule has 0 saturated heterocycles. The molecule has 8 heteroatoms. The van der Waals surface area contributed by atoms with Crippen LogP contribution in [0.2, 0.25) is 0 Å². The first kappa shape index (κ1) is 13.9. The lowest BCUT2D eigenvalue weighted by Crippen LogP contribution is -2.07. The molecular weight excluding hydrogens is 310 g/mol. The number of anilines is 1. The number of hydrogen-bond donors (Lipinski definition) is 1. The Morgan fingerprint density at radius 2 is 2.24 bits per heavy atom. The average Bonchev–Trinajstić information content (AvgIpc) is 3.10. The zero-order valence-electron chi connectivity index (χ0n) is 10.9. The van der Waals surface area contributed by atoms with Gasteiger partial charge in [-0.1, -0.05) is 11.3 Å². The monoisotopic (exact) mass is 321 g/mol. The normalized spacial score (nSPS) is 13.5. The van der Waals surface area contributed by atoms with Crippen LogP contribution in [-0.2, 0) is 17.6 Å². The van der Waals surface area contributed by atoms with Crippen molar-refractivity contribution in [3.05, 3.63) is 43.8 Å². The molecule has 108 valence electrons. The lowest BCUT2D eigenvalue weighted by molar-refractivity contribution is -0.380. The first-order valence-corrected chi connectivity index (χ1v) is 7.97. The summed E-state index contributed by atoms with van der Waals surface area (Å²) in [6.07, 6.45) is 6.09. The van der Waals surface area contributed by atoms with Crippen molar-refractivity contribution in [2.24, 2.45) is 0 Å². The maximum Gasteiger partial charge on any atom is 0.324 e. The molecule has 0 unspecified atom stereocenters. The van der Waals surface area contributed by atoms with E-state index in [1.54, 1.807) is 12.1 Å². The first-order chi connectivity index (χ1) is 10.1. The van der Waals surface area contributed by atoms with E-state index in [4.69, 9.17) is 0 Å². The smallest absolute Gasteiger partial charge is 0.298 e. The first-order valence-electron chi connectivity index (χ1n) is 6.34. The van der Waals surface area contributed by atoms with Crippen LogP contribution in [0.1, 0.15) is 21.9 Å². The quantitative estimate of drug-likeness (QED) is 0.532. The zero-order valence-corrected chi connectivity index (χ0v) is 12.5. The van der Waals surface area contributed by atoms with Gasteiger partial charge in [0.05, 0.1) is 10.6 Å². The van der Waals surface area contributed by atoms with Crippen molar-refractivity contribution in [2.75, 3.05) is 5.32 Å². The zero-order chi connectivity index (χ0) is 14.8. The molecule has 0 aromatic carbocycles. The Morgan fingerprint density at radius 1 is 1.38 bits per heavy atom. The largest absolute Gasteiger partial charge is 0.324 e. The van der Waals surface area contributed by atoms with E-state index < -0.39 is 4.92 Å². The van der Waals surface area contributed by atoms with Crippen LogP contribution in [0.15, 0.2) is 18.2 Å². The summed E-state index contributed by atoms with van der Waals surface area (Å²) in [5.41, 5.74) is 1.09. The molecule has 2 aromatic rings. The molecule has 0 radical (unpaired) electrons. The number of nitrogens with zero attached hydrogens (tertiary/aromatic N) is 2. The maximum atomic E-state index is 11.8. The summed E-state index contributed by atoms with van der Waals surface area (Å²) in [6.45, 7) is 0. The number of hydrogen-bond acceptors (Lipinski definition) is 6. The number of aromatic nitrogens is 1. The molecule has 1 aliphatic carbocycles. The summed E-state index contributed by atoms with van der Waals surface area (Å²) in [7, 11) is 0. The number of nitro groups is 1. The molecule has 3 rings (SSSR count). The molecule has 1 aliphatic rings. The number of fused-ring (bicyclic) bond motifs is 1. The molecular formula is C13H11N3O3S2. The Kier molecular flexibility index (Phi) is 3.80. The van der Waals surface area contributed by atoms with E-state index in [9.17, 15) is 14.9 Å². The van der Waals surface area contributed by atoms with Crippen molar-refractivity contribution < 1.29 is 9.72 Å². The van der Waals surface area contributed by atoms with Gasteiger partial charge in [-0.2, -0.15) is 0 Å². The molecule has 21 heavy (non-hydrogen) atoms. The fourth-order valence-corrected chi connectivity index (χ4v) is 3.86. The number of rotatable bonds is 4. The molecule has 0 fully saturated rings. The molecule has 2 aromatic heterocycles. The Balaban J connectivity index is 1.62. The molecule has 6 nitrogen and oxygen atoms in total. The number of thiazole rings is 1. The van der Waals surface area contributed by atoms with Gasteiger partial charge in [-0.3, -0.25) is 20.2 Å². The third kappa shape index (κ3) is 3.17. The Hall–Kier alpha value is -2.06. The highest BCUT2D eigenvalue weighted by Crippen LogP contribution is 2.30. The van der Waals surface area contributed by atoms with Crippen molar-refractivity contribution in [1.29, 1.82) is 0 Å². The van der Waals surface area contributed by atoms with E-state index >= 15 is 0 Å². The van der Waals surface area contributed by atoms with E-state index in [0.717, 1.165) is 36.3 Å². The summed E-state index contributed by atoms with van der Waals surface area (Å²) in [4.78, 5) is 28.2. The average molecular weight is 321 g/mol. The summed E-state index contributed by atoms with van der Waals surface area (Å²) in [6, 6.07) is 3.04. The predicted octanol–water partition coefficient (Wildman–Crippen LogP) is 3.25. The minimum absolute atomic E-state index is 0.0615. The van der Waals surface area contributed by atoms with Gasteiger partial charge in [0.2, 0.25) is 5.91 Å². The van der Waals surface area contributed by atoms with Gasteiger partial charge < -0.3 is 0 Å². The lowest BCUT2D eigenvalue weighted by atomic mass is 10.4. The van der Waals surface area contributed by atoms with Crippen molar-refractivity contribution in [1.82, 2.24) is 4.98 Å². The van der Waals surface area contributed by atoms with E-state index in [-0.39, 0.29) is 10.9 Å². The van der Waals surface area contributed by atoms with E-state index in [1.165, 1.54) is 28.4 Å². The van der Waals surface area contributed by atoms with Crippen LogP contribution in [0.25, 0.3) is 6.08 Å². The molecule has 1 amide bonds. The van der Waals surface area contributed by atoms with Gasteiger partial charge in [0.15, 0.2) is 5.13 Å². The van der Waals surface area contributed by atoms with Crippen LogP contribution in [0.5, 0.6) is 0 Å². The van der Waals surface area contributed by atoms with Crippen LogP contribution in [0, 0.1) is 10.1 Å².